The van der Waals surface area contributed by atoms with Crippen molar-refractivity contribution in [2.24, 2.45) is 11.8 Å². The van der Waals surface area contributed by atoms with E-state index >= 15 is 0 Å². The number of aromatic hydroxyl groups is 1. The number of phenolic OH excluding ortho intramolecular Hbond substituents is 1. The fraction of sp³-hybridized carbons (Fsp3) is 0.588. The first-order valence-electron chi connectivity index (χ1n) is 7.90. The zero-order valence-corrected chi connectivity index (χ0v) is 12.8. The molecule has 21 heavy (non-hydrogen) atoms. The summed E-state index contributed by atoms with van der Waals surface area (Å²) in [6.07, 6.45) is 3.86. The normalized spacial score (nSPS) is 20.0. The first-order valence-corrected chi connectivity index (χ1v) is 7.90. The summed E-state index contributed by atoms with van der Waals surface area (Å²) in [5, 5.41) is 15.6. The Morgan fingerprint density at radius 2 is 2.19 bits per heavy atom. The molecule has 3 N–H and O–H groups in total. The second kappa shape index (κ2) is 8.03. The minimum atomic E-state index is 0.145. The van der Waals surface area contributed by atoms with Crippen molar-refractivity contribution >= 4 is 5.91 Å². The van der Waals surface area contributed by atoms with Gasteiger partial charge in [0.05, 0.1) is 0 Å². The average molecular weight is 290 g/mol. The summed E-state index contributed by atoms with van der Waals surface area (Å²) in [7, 11) is 0. The zero-order valence-electron chi connectivity index (χ0n) is 12.8. The SMILES string of the molecule is CC(CC(=O)NCCc1ccc(O)cc1)C1CCCNC1. The molecule has 2 atom stereocenters. The molecule has 4 heteroatoms. The summed E-state index contributed by atoms with van der Waals surface area (Å²) in [5.41, 5.74) is 1.12. The third kappa shape index (κ3) is 5.38. The molecule has 1 aliphatic rings. The van der Waals surface area contributed by atoms with E-state index in [1.165, 1.54) is 12.8 Å². The van der Waals surface area contributed by atoms with Crippen LogP contribution in [0.4, 0.5) is 0 Å². The van der Waals surface area contributed by atoms with Crippen LogP contribution < -0.4 is 10.6 Å². The maximum Gasteiger partial charge on any atom is 0.220 e. The molecule has 1 fully saturated rings. The largest absolute Gasteiger partial charge is 0.508 e. The molecular formula is C17H26N2O2. The average Bonchev–Trinajstić information content (AvgIpc) is 2.50. The van der Waals surface area contributed by atoms with E-state index in [4.69, 9.17) is 0 Å². The van der Waals surface area contributed by atoms with Gasteiger partial charge in [-0.05, 0) is 61.9 Å². The van der Waals surface area contributed by atoms with Crippen LogP contribution in [0.5, 0.6) is 5.75 Å². The standard InChI is InChI=1S/C17H26N2O2/c1-13(15-3-2-9-18-12-15)11-17(21)19-10-8-14-4-6-16(20)7-5-14/h4-7,13,15,18,20H,2-3,8-12H2,1H3,(H,19,21). The second-order valence-corrected chi connectivity index (χ2v) is 6.05. The molecule has 0 saturated carbocycles. The topological polar surface area (TPSA) is 61.4 Å². The molecule has 2 rings (SSSR count). The van der Waals surface area contributed by atoms with E-state index in [0.29, 0.717) is 24.8 Å². The number of nitrogens with one attached hydrogen (secondary N) is 2. The van der Waals surface area contributed by atoms with Crippen LogP contribution in [0.25, 0.3) is 0 Å². The van der Waals surface area contributed by atoms with Gasteiger partial charge in [-0.2, -0.15) is 0 Å². The molecule has 0 spiro atoms. The van der Waals surface area contributed by atoms with Crippen molar-refractivity contribution < 1.29 is 9.90 Å². The van der Waals surface area contributed by atoms with E-state index in [-0.39, 0.29) is 11.7 Å². The van der Waals surface area contributed by atoms with Gasteiger partial charge in [-0.1, -0.05) is 19.1 Å². The highest BCUT2D eigenvalue weighted by Crippen LogP contribution is 2.22. The van der Waals surface area contributed by atoms with Crippen LogP contribution in [0.1, 0.15) is 31.7 Å². The van der Waals surface area contributed by atoms with Crippen molar-refractivity contribution in [3.8, 4) is 5.75 Å². The van der Waals surface area contributed by atoms with E-state index in [9.17, 15) is 9.90 Å². The molecule has 0 aromatic heterocycles. The van der Waals surface area contributed by atoms with E-state index in [2.05, 4.69) is 17.6 Å². The summed E-state index contributed by atoms with van der Waals surface area (Å²) in [5.74, 6) is 1.48. The summed E-state index contributed by atoms with van der Waals surface area (Å²) in [6, 6.07) is 7.13. The highest BCUT2D eigenvalue weighted by Gasteiger charge is 2.21. The van der Waals surface area contributed by atoms with Gasteiger partial charge in [0.1, 0.15) is 5.75 Å². The van der Waals surface area contributed by atoms with Gasteiger partial charge >= 0.3 is 0 Å². The molecule has 1 aromatic rings. The Kier molecular flexibility index (Phi) is 6.05. The molecule has 1 amide bonds. The minimum absolute atomic E-state index is 0.145. The number of hydrogen-bond donors (Lipinski definition) is 3. The smallest absolute Gasteiger partial charge is 0.220 e. The van der Waals surface area contributed by atoms with Crippen LogP contribution in [0.3, 0.4) is 0 Å². The van der Waals surface area contributed by atoms with Gasteiger partial charge in [-0.25, -0.2) is 0 Å². The van der Waals surface area contributed by atoms with E-state index in [1.54, 1.807) is 12.1 Å². The van der Waals surface area contributed by atoms with E-state index < -0.39 is 0 Å². The van der Waals surface area contributed by atoms with Gasteiger partial charge in [0.15, 0.2) is 0 Å². The van der Waals surface area contributed by atoms with Crippen LogP contribution in [0.2, 0.25) is 0 Å². The first kappa shape index (κ1) is 15.8. The molecule has 4 nitrogen and oxygen atoms in total. The van der Waals surface area contributed by atoms with Crippen molar-refractivity contribution in [3.05, 3.63) is 29.8 Å². The molecule has 2 unspecified atom stereocenters. The van der Waals surface area contributed by atoms with Crippen LogP contribution in [0.15, 0.2) is 24.3 Å². The lowest BCUT2D eigenvalue weighted by molar-refractivity contribution is -0.122. The lowest BCUT2D eigenvalue weighted by Gasteiger charge is -2.28. The molecule has 116 valence electrons. The Labute approximate surface area is 126 Å². The molecule has 0 aliphatic carbocycles. The maximum absolute atomic E-state index is 12.0. The van der Waals surface area contributed by atoms with E-state index in [1.807, 2.05) is 12.1 Å². The van der Waals surface area contributed by atoms with Crippen LogP contribution in [-0.4, -0.2) is 30.6 Å². The lowest BCUT2D eigenvalue weighted by atomic mass is 9.85. The number of phenols is 1. The molecule has 1 aliphatic heterocycles. The molecule has 0 radical (unpaired) electrons. The Morgan fingerprint density at radius 3 is 2.86 bits per heavy atom. The molecule has 1 saturated heterocycles. The number of carbonyl (C=O) groups is 1. The summed E-state index contributed by atoms with van der Waals surface area (Å²) < 4.78 is 0. The van der Waals surface area contributed by atoms with Crippen LogP contribution in [0, 0.1) is 11.8 Å². The zero-order chi connectivity index (χ0) is 15.1. The quantitative estimate of drug-likeness (QED) is 0.751. The Balaban J connectivity index is 1.65. The number of benzene rings is 1. The lowest BCUT2D eigenvalue weighted by Crippen LogP contribution is -2.36. The highest BCUT2D eigenvalue weighted by molar-refractivity contribution is 5.76. The highest BCUT2D eigenvalue weighted by atomic mass is 16.3. The van der Waals surface area contributed by atoms with Crippen molar-refractivity contribution in [3.63, 3.8) is 0 Å². The predicted molar refractivity (Wildman–Crippen MR) is 84.2 cm³/mol. The third-order valence-corrected chi connectivity index (χ3v) is 4.32. The van der Waals surface area contributed by atoms with Gasteiger partial charge in [0.2, 0.25) is 5.91 Å². The van der Waals surface area contributed by atoms with Gasteiger partial charge < -0.3 is 15.7 Å². The summed E-state index contributed by atoms with van der Waals surface area (Å²) in [4.78, 5) is 12.0. The maximum atomic E-state index is 12.0. The Bertz CT molecular complexity index is 439. The second-order valence-electron chi connectivity index (χ2n) is 6.05. The molecule has 1 aromatic carbocycles. The Morgan fingerprint density at radius 1 is 1.43 bits per heavy atom. The number of piperidine rings is 1. The van der Waals surface area contributed by atoms with Gasteiger partial charge in [0.25, 0.3) is 0 Å². The van der Waals surface area contributed by atoms with Gasteiger partial charge in [-0.15, -0.1) is 0 Å². The van der Waals surface area contributed by atoms with Crippen molar-refractivity contribution in [2.75, 3.05) is 19.6 Å². The third-order valence-electron chi connectivity index (χ3n) is 4.32. The van der Waals surface area contributed by atoms with Gasteiger partial charge in [-0.3, -0.25) is 4.79 Å². The van der Waals surface area contributed by atoms with Gasteiger partial charge in [0, 0.05) is 13.0 Å². The predicted octanol–water partition coefficient (Wildman–Crippen LogP) is 2.08. The number of carbonyl (C=O) groups excluding carboxylic acids is 1. The van der Waals surface area contributed by atoms with Crippen LogP contribution >= 0.6 is 0 Å². The summed E-state index contributed by atoms with van der Waals surface area (Å²) in [6.45, 7) is 4.99. The Hall–Kier alpha value is -1.55. The molecular weight excluding hydrogens is 264 g/mol. The van der Waals surface area contributed by atoms with Crippen LogP contribution in [-0.2, 0) is 11.2 Å². The fourth-order valence-corrected chi connectivity index (χ4v) is 2.90. The number of rotatable bonds is 6. The van der Waals surface area contributed by atoms with Crippen molar-refractivity contribution in [1.82, 2.24) is 10.6 Å². The molecule has 0 bridgehead atoms. The molecule has 1 heterocycles. The number of hydrogen-bond acceptors (Lipinski definition) is 3. The number of amides is 1. The first-order chi connectivity index (χ1) is 10.1. The monoisotopic (exact) mass is 290 g/mol. The van der Waals surface area contributed by atoms with Crippen molar-refractivity contribution in [1.29, 1.82) is 0 Å². The van der Waals surface area contributed by atoms with E-state index in [0.717, 1.165) is 25.1 Å². The fourth-order valence-electron chi connectivity index (χ4n) is 2.90. The minimum Gasteiger partial charge on any atom is -0.508 e. The van der Waals surface area contributed by atoms with Crippen molar-refractivity contribution in [2.45, 2.75) is 32.6 Å². The summed E-state index contributed by atoms with van der Waals surface area (Å²) >= 11 is 0.